The number of halogens is 1. The maximum atomic E-state index is 13.4. The van der Waals surface area contributed by atoms with E-state index in [0.717, 1.165) is 12.0 Å². The zero-order valence-corrected chi connectivity index (χ0v) is 29.6. The third-order valence-electron chi connectivity index (χ3n) is 8.97. The van der Waals surface area contributed by atoms with E-state index in [4.69, 9.17) is 36.3 Å². The molecular weight excluding hydrogens is 614 g/mol. The first-order valence-corrected chi connectivity index (χ1v) is 16.8. The Morgan fingerprint density at radius 1 is 1.09 bits per heavy atom. The number of alkyl halides is 1. The van der Waals surface area contributed by atoms with Crippen LogP contribution in [0.5, 0.6) is 11.5 Å². The van der Waals surface area contributed by atoms with Crippen molar-refractivity contribution in [3.8, 4) is 11.5 Å². The van der Waals surface area contributed by atoms with Gasteiger partial charge in [0, 0.05) is 44.9 Å². The minimum absolute atomic E-state index is 0.0613. The minimum atomic E-state index is -1.07. The van der Waals surface area contributed by atoms with E-state index in [9.17, 15) is 19.5 Å². The Labute approximate surface area is 279 Å². The fourth-order valence-corrected chi connectivity index (χ4v) is 5.99. The molecule has 1 aromatic rings. The average molecular weight is 670 g/mol. The smallest absolute Gasteiger partial charge is 0.409 e. The lowest BCUT2D eigenvalue weighted by Gasteiger charge is -2.33. The van der Waals surface area contributed by atoms with Gasteiger partial charge in [0.25, 0.3) is 0 Å². The SMILES string of the molecule is COCCCOc1cc(C[C@H](C[C@H]2[C@H](C[C@H](C(=O)NCC(C)(C)C(N)=O)C(C)C)OC(CCCl)N2C(=O)O)C(C)C)ccc1OC. The van der Waals surface area contributed by atoms with Gasteiger partial charge in [-0.15, -0.1) is 11.6 Å². The zero-order chi connectivity index (χ0) is 34.6. The van der Waals surface area contributed by atoms with Crippen LogP contribution < -0.4 is 20.5 Å². The van der Waals surface area contributed by atoms with Gasteiger partial charge in [0.1, 0.15) is 6.23 Å². The second kappa shape index (κ2) is 18.5. The van der Waals surface area contributed by atoms with Gasteiger partial charge >= 0.3 is 6.09 Å². The predicted octanol–water partition coefficient (Wildman–Crippen LogP) is 5.31. The molecule has 3 amide bonds. The Balaban J connectivity index is 2.36. The lowest BCUT2D eigenvalue weighted by molar-refractivity contribution is -0.130. The van der Waals surface area contributed by atoms with Gasteiger partial charge in [-0.05, 0) is 68.6 Å². The number of nitrogens with two attached hydrogens (primary N) is 1. The minimum Gasteiger partial charge on any atom is -0.493 e. The van der Waals surface area contributed by atoms with E-state index in [-0.39, 0.29) is 36.1 Å². The Hall–Kier alpha value is -2.76. The highest BCUT2D eigenvalue weighted by atomic mass is 35.5. The van der Waals surface area contributed by atoms with Crippen molar-refractivity contribution in [2.75, 3.05) is 39.9 Å². The van der Waals surface area contributed by atoms with Crippen molar-refractivity contribution >= 4 is 29.5 Å². The van der Waals surface area contributed by atoms with Gasteiger partial charge in [0.05, 0.1) is 31.3 Å². The van der Waals surface area contributed by atoms with Crippen LogP contribution in [-0.2, 0) is 25.5 Å². The molecule has 12 heteroatoms. The number of methoxy groups -OCH3 is 2. The molecule has 11 nitrogen and oxygen atoms in total. The largest absolute Gasteiger partial charge is 0.493 e. The number of carboxylic acid groups (broad SMARTS) is 1. The van der Waals surface area contributed by atoms with Crippen LogP contribution >= 0.6 is 11.6 Å². The van der Waals surface area contributed by atoms with Crippen molar-refractivity contribution in [2.24, 2.45) is 34.8 Å². The molecule has 0 aliphatic carbocycles. The van der Waals surface area contributed by atoms with Gasteiger partial charge in [-0.25, -0.2) is 4.79 Å². The average Bonchev–Trinajstić information content (AvgIpc) is 3.32. The van der Waals surface area contributed by atoms with E-state index in [1.807, 2.05) is 32.0 Å². The first-order chi connectivity index (χ1) is 21.7. The second-order valence-electron chi connectivity index (χ2n) is 13.5. The van der Waals surface area contributed by atoms with Crippen LogP contribution in [0, 0.1) is 29.1 Å². The molecule has 1 unspecified atom stereocenters. The second-order valence-corrected chi connectivity index (χ2v) is 13.9. The summed E-state index contributed by atoms with van der Waals surface area (Å²) in [5, 5.41) is 13.3. The fourth-order valence-electron chi connectivity index (χ4n) is 5.80. The lowest BCUT2D eigenvalue weighted by Crippen LogP contribution is -2.47. The molecule has 0 bridgehead atoms. The molecule has 2 rings (SSSR count). The summed E-state index contributed by atoms with van der Waals surface area (Å²) in [5.74, 6) is 0.581. The third kappa shape index (κ3) is 11.2. The monoisotopic (exact) mass is 669 g/mol. The highest BCUT2D eigenvalue weighted by molar-refractivity contribution is 6.17. The van der Waals surface area contributed by atoms with E-state index in [2.05, 4.69) is 19.2 Å². The van der Waals surface area contributed by atoms with E-state index < -0.39 is 41.7 Å². The molecule has 1 aromatic carbocycles. The van der Waals surface area contributed by atoms with E-state index in [0.29, 0.717) is 50.4 Å². The summed E-state index contributed by atoms with van der Waals surface area (Å²) in [4.78, 5) is 39.3. The van der Waals surface area contributed by atoms with Crippen molar-refractivity contribution < 1.29 is 38.4 Å². The molecule has 1 aliphatic heterocycles. The molecule has 46 heavy (non-hydrogen) atoms. The van der Waals surface area contributed by atoms with Crippen LogP contribution in [0.2, 0.25) is 0 Å². The summed E-state index contributed by atoms with van der Waals surface area (Å²) in [6, 6.07) is 5.40. The van der Waals surface area contributed by atoms with Gasteiger partial charge in [0.15, 0.2) is 11.5 Å². The fraction of sp³-hybridized carbons (Fsp3) is 0.735. The van der Waals surface area contributed by atoms with Crippen LogP contribution in [-0.4, -0.2) is 86.1 Å². The summed E-state index contributed by atoms with van der Waals surface area (Å²) in [5.41, 5.74) is 5.65. The van der Waals surface area contributed by atoms with Gasteiger partial charge in [-0.1, -0.05) is 33.8 Å². The van der Waals surface area contributed by atoms with Crippen molar-refractivity contribution in [3.05, 3.63) is 23.8 Å². The molecule has 1 fully saturated rings. The van der Waals surface area contributed by atoms with Gasteiger partial charge in [-0.2, -0.15) is 0 Å². The maximum absolute atomic E-state index is 13.4. The molecule has 262 valence electrons. The molecule has 0 aromatic heterocycles. The van der Waals surface area contributed by atoms with Crippen LogP contribution in [0.15, 0.2) is 18.2 Å². The van der Waals surface area contributed by atoms with E-state index in [1.165, 1.54) is 4.90 Å². The van der Waals surface area contributed by atoms with Crippen LogP contribution in [0.4, 0.5) is 4.79 Å². The number of amides is 3. The number of carbonyl (C=O) groups is 3. The Morgan fingerprint density at radius 2 is 1.78 bits per heavy atom. The Bertz CT molecular complexity index is 1130. The van der Waals surface area contributed by atoms with Crippen molar-refractivity contribution in [3.63, 3.8) is 0 Å². The summed E-state index contributed by atoms with van der Waals surface area (Å²) in [6.07, 6.45) is 0.304. The molecule has 1 aliphatic rings. The molecule has 1 saturated heterocycles. The first kappa shape index (κ1) is 39.4. The molecule has 0 saturated carbocycles. The van der Waals surface area contributed by atoms with Crippen molar-refractivity contribution in [2.45, 2.75) is 92.0 Å². The number of nitrogens with zero attached hydrogens (tertiary/aromatic N) is 1. The molecule has 5 atom stereocenters. The van der Waals surface area contributed by atoms with Crippen molar-refractivity contribution in [1.29, 1.82) is 0 Å². The molecule has 4 N–H and O–H groups in total. The number of nitrogens with one attached hydrogen (secondary N) is 1. The molecular formula is C34H56ClN3O8. The van der Waals surface area contributed by atoms with Crippen LogP contribution in [0.3, 0.4) is 0 Å². The van der Waals surface area contributed by atoms with Crippen molar-refractivity contribution in [1.82, 2.24) is 10.2 Å². The summed E-state index contributed by atoms with van der Waals surface area (Å²) >= 11 is 6.09. The van der Waals surface area contributed by atoms with Gasteiger partial charge in [-0.3, -0.25) is 14.5 Å². The predicted molar refractivity (Wildman–Crippen MR) is 178 cm³/mol. The Morgan fingerprint density at radius 3 is 2.33 bits per heavy atom. The maximum Gasteiger partial charge on any atom is 0.409 e. The van der Waals surface area contributed by atoms with Crippen LogP contribution in [0.25, 0.3) is 0 Å². The van der Waals surface area contributed by atoms with Gasteiger partial charge < -0.3 is 35.1 Å². The third-order valence-corrected chi connectivity index (χ3v) is 9.19. The molecule has 0 spiro atoms. The number of carbonyl (C=O) groups excluding carboxylic acids is 2. The Kier molecular flexibility index (Phi) is 15.9. The van der Waals surface area contributed by atoms with Crippen LogP contribution in [0.1, 0.15) is 72.8 Å². The highest BCUT2D eigenvalue weighted by Gasteiger charge is 2.47. The lowest BCUT2D eigenvalue weighted by atomic mass is 9.80. The summed E-state index contributed by atoms with van der Waals surface area (Å²) < 4.78 is 23.1. The van der Waals surface area contributed by atoms with Gasteiger partial charge in [0.2, 0.25) is 11.8 Å². The normalized spacial score (nSPS) is 19.7. The molecule has 0 radical (unpaired) electrons. The standard InChI is InChI=1S/C34H56ClN3O8/c1-21(2)24(16-23-10-11-27(44-8)29(17-23)45-15-9-14-43-7)18-26-28(46-30(12-13-35)38(26)33(41)42)19-25(22(3)4)31(39)37-20-34(5,6)32(36)40/h10-11,17,21-22,24-26,28,30H,9,12-16,18-20H2,1-8H3,(H2,36,40)(H,37,39)(H,41,42)/t24-,25+,26+,28+,30?/m1/s1. The molecule has 1 heterocycles. The number of hydrogen-bond donors (Lipinski definition) is 3. The number of rotatable bonds is 20. The first-order valence-electron chi connectivity index (χ1n) is 16.3. The summed E-state index contributed by atoms with van der Waals surface area (Å²) in [7, 11) is 3.26. The quantitative estimate of drug-likeness (QED) is 0.125. The van der Waals surface area contributed by atoms with E-state index >= 15 is 0 Å². The number of ether oxygens (including phenoxy) is 4. The number of hydrogen-bond acceptors (Lipinski definition) is 7. The highest BCUT2D eigenvalue weighted by Crippen LogP contribution is 2.38. The summed E-state index contributed by atoms with van der Waals surface area (Å²) in [6.45, 7) is 12.7. The van der Waals surface area contributed by atoms with E-state index in [1.54, 1.807) is 28.1 Å². The zero-order valence-electron chi connectivity index (χ0n) is 28.8. The number of primary amides is 1. The number of benzene rings is 1. The topological polar surface area (TPSA) is 150 Å².